The minimum absolute atomic E-state index is 0.0779. The highest BCUT2D eigenvalue weighted by molar-refractivity contribution is 5.97. The number of pyridine rings is 1. The Balaban J connectivity index is 1.67. The molecule has 0 spiro atoms. The fourth-order valence-electron chi connectivity index (χ4n) is 4.40. The van der Waals surface area contributed by atoms with Crippen LogP contribution >= 0.6 is 0 Å². The first-order chi connectivity index (χ1) is 16.3. The zero-order valence-electron chi connectivity index (χ0n) is 19.6. The standard InChI is InChI=1S/C30H27NO3/c1-19-6-4-5-7-27(19)28(18-29(32)26-16-20(2)31-21(3)17-26)24-12-8-22(9-13-24)23-10-14-25(15-11-23)30(33)34/h4-17,28H,18H2,1-3H3,(H,33,34)/t28-/m1/s1. The van der Waals surface area contributed by atoms with E-state index in [1.165, 1.54) is 0 Å². The van der Waals surface area contributed by atoms with E-state index in [1.807, 2.05) is 62.4 Å². The number of carbonyl (C=O) groups excluding carboxylic acids is 1. The Bertz CT molecular complexity index is 1320. The van der Waals surface area contributed by atoms with Gasteiger partial charge in [-0.2, -0.15) is 0 Å². The predicted octanol–water partition coefficient (Wildman–Crippen LogP) is 6.78. The lowest BCUT2D eigenvalue weighted by molar-refractivity contribution is 0.0696. The van der Waals surface area contributed by atoms with Crippen molar-refractivity contribution in [2.45, 2.75) is 33.1 Å². The normalized spacial score (nSPS) is 11.7. The zero-order valence-corrected chi connectivity index (χ0v) is 19.6. The van der Waals surface area contributed by atoms with Crippen molar-refractivity contribution in [1.82, 2.24) is 4.98 Å². The van der Waals surface area contributed by atoms with E-state index in [-0.39, 0.29) is 17.3 Å². The van der Waals surface area contributed by atoms with Crippen LogP contribution in [0.4, 0.5) is 0 Å². The second kappa shape index (κ2) is 9.84. The van der Waals surface area contributed by atoms with Crippen molar-refractivity contribution in [2.75, 3.05) is 0 Å². The van der Waals surface area contributed by atoms with Crippen LogP contribution in [0.15, 0.2) is 84.9 Å². The number of Topliss-reactive ketones (excluding diaryl/α,β-unsaturated/α-hetero) is 1. The van der Waals surface area contributed by atoms with Crippen LogP contribution in [0.2, 0.25) is 0 Å². The second-order valence-electron chi connectivity index (χ2n) is 8.68. The molecule has 1 aromatic heterocycles. The van der Waals surface area contributed by atoms with Crippen molar-refractivity contribution >= 4 is 11.8 Å². The SMILES string of the molecule is Cc1cc(C(=O)C[C@H](c2ccc(-c3ccc(C(=O)O)cc3)cc2)c2ccccc2C)cc(C)n1. The maximum Gasteiger partial charge on any atom is 0.335 e. The minimum Gasteiger partial charge on any atom is -0.478 e. The Morgan fingerprint density at radius 3 is 1.88 bits per heavy atom. The maximum absolute atomic E-state index is 13.3. The number of carboxylic acid groups (broad SMARTS) is 1. The van der Waals surface area contributed by atoms with Crippen molar-refractivity contribution in [3.63, 3.8) is 0 Å². The molecule has 4 aromatic rings. The Morgan fingerprint density at radius 1 is 0.765 bits per heavy atom. The molecule has 1 heterocycles. The van der Waals surface area contributed by atoms with Gasteiger partial charge in [0.2, 0.25) is 0 Å². The van der Waals surface area contributed by atoms with Crippen molar-refractivity contribution in [2.24, 2.45) is 0 Å². The summed E-state index contributed by atoms with van der Waals surface area (Å²) in [5, 5.41) is 9.13. The molecule has 170 valence electrons. The van der Waals surface area contributed by atoms with Gasteiger partial charge in [0.25, 0.3) is 0 Å². The molecule has 0 aliphatic heterocycles. The molecule has 1 atom stereocenters. The van der Waals surface area contributed by atoms with Crippen LogP contribution in [0, 0.1) is 20.8 Å². The Kier molecular flexibility index (Phi) is 6.69. The molecule has 0 fully saturated rings. The Hall–Kier alpha value is -4.05. The topological polar surface area (TPSA) is 67.3 Å². The van der Waals surface area contributed by atoms with Crippen molar-refractivity contribution in [3.8, 4) is 11.1 Å². The van der Waals surface area contributed by atoms with Crippen molar-refractivity contribution in [3.05, 3.63) is 124 Å². The van der Waals surface area contributed by atoms with Gasteiger partial charge in [-0.15, -0.1) is 0 Å². The van der Waals surface area contributed by atoms with E-state index in [0.29, 0.717) is 12.0 Å². The van der Waals surface area contributed by atoms with Gasteiger partial charge < -0.3 is 5.11 Å². The van der Waals surface area contributed by atoms with E-state index in [1.54, 1.807) is 12.1 Å². The molecule has 4 rings (SSSR count). The number of carbonyl (C=O) groups is 2. The van der Waals surface area contributed by atoms with E-state index in [4.69, 9.17) is 5.11 Å². The van der Waals surface area contributed by atoms with Gasteiger partial charge in [-0.1, -0.05) is 60.7 Å². The van der Waals surface area contributed by atoms with Crippen LogP contribution in [0.1, 0.15) is 61.1 Å². The minimum atomic E-state index is -0.938. The summed E-state index contributed by atoms with van der Waals surface area (Å²) in [6.45, 7) is 5.89. The lowest BCUT2D eigenvalue weighted by Crippen LogP contribution is -2.11. The van der Waals surface area contributed by atoms with Crippen molar-refractivity contribution in [1.29, 1.82) is 0 Å². The van der Waals surface area contributed by atoms with Crippen LogP contribution in [-0.4, -0.2) is 21.8 Å². The van der Waals surface area contributed by atoms with Gasteiger partial charge in [0, 0.05) is 29.3 Å². The van der Waals surface area contributed by atoms with E-state index in [0.717, 1.165) is 39.2 Å². The number of benzene rings is 3. The molecule has 3 aromatic carbocycles. The van der Waals surface area contributed by atoms with E-state index < -0.39 is 5.97 Å². The second-order valence-corrected chi connectivity index (χ2v) is 8.68. The van der Waals surface area contributed by atoms with Crippen LogP contribution in [0.25, 0.3) is 11.1 Å². The summed E-state index contributed by atoms with van der Waals surface area (Å²) in [4.78, 5) is 28.8. The first-order valence-electron chi connectivity index (χ1n) is 11.3. The van der Waals surface area contributed by atoms with Gasteiger partial charge in [-0.25, -0.2) is 4.79 Å². The molecule has 34 heavy (non-hydrogen) atoms. The largest absolute Gasteiger partial charge is 0.478 e. The number of ketones is 1. The molecular formula is C30H27NO3. The van der Waals surface area contributed by atoms with E-state index in [2.05, 4.69) is 36.2 Å². The quantitative estimate of drug-likeness (QED) is 0.316. The number of carboxylic acids is 1. The molecular weight excluding hydrogens is 422 g/mol. The number of hydrogen-bond donors (Lipinski definition) is 1. The van der Waals surface area contributed by atoms with Crippen LogP contribution in [-0.2, 0) is 0 Å². The highest BCUT2D eigenvalue weighted by Gasteiger charge is 2.21. The monoisotopic (exact) mass is 449 g/mol. The van der Waals surface area contributed by atoms with Crippen LogP contribution in [0.5, 0.6) is 0 Å². The first-order valence-corrected chi connectivity index (χ1v) is 11.3. The summed E-state index contributed by atoms with van der Waals surface area (Å²) in [6, 6.07) is 26.9. The third-order valence-electron chi connectivity index (χ3n) is 6.14. The summed E-state index contributed by atoms with van der Waals surface area (Å²) in [5.74, 6) is -0.923. The molecule has 0 aliphatic carbocycles. The van der Waals surface area contributed by atoms with Gasteiger partial charge >= 0.3 is 5.97 Å². The van der Waals surface area contributed by atoms with Gasteiger partial charge in [0.1, 0.15) is 0 Å². The number of aromatic carboxylic acids is 1. The first kappa shape index (κ1) is 23.1. The molecule has 0 amide bonds. The predicted molar refractivity (Wildman–Crippen MR) is 135 cm³/mol. The van der Waals surface area contributed by atoms with Gasteiger partial charge in [-0.3, -0.25) is 9.78 Å². The molecule has 0 radical (unpaired) electrons. The highest BCUT2D eigenvalue weighted by Crippen LogP contribution is 2.33. The molecule has 0 saturated heterocycles. The van der Waals surface area contributed by atoms with Crippen molar-refractivity contribution < 1.29 is 14.7 Å². The number of hydrogen-bond acceptors (Lipinski definition) is 3. The van der Waals surface area contributed by atoms with E-state index >= 15 is 0 Å². The number of aryl methyl sites for hydroxylation is 3. The third kappa shape index (κ3) is 5.12. The van der Waals surface area contributed by atoms with Gasteiger partial charge in [0.05, 0.1) is 5.56 Å². The molecule has 0 unspecified atom stereocenters. The Morgan fingerprint density at radius 2 is 1.32 bits per heavy atom. The summed E-state index contributed by atoms with van der Waals surface area (Å²) in [5.41, 5.74) is 7.93. The number of rotatable bonds is 7. The average Bonchev–Trinajstić information content (AvgIpc) is 2.82. The van der Waals surface area contributed by atoms with Crippen LogP contribution < -0.4 is 0 Å². The molecule has 1 N–H and O–H groups in total. The average molecular weight is 450 g/mol. The summed E-state index contributed by atoms with van der Waals surface area (Å²) in [7, 11) is 0. The third-order valence-corrected chi connectivity index (χ3v) is 6.14. The number of nitrogens with zero attached hydrogens (tertiary/aromatic N) is 1. The maximum atomic E-state index is 13.3. The number of aromatic nitrogens is 1. The Labute approximate surface area is 199 Å². The summed E-state index contributed by atoms with van der Waals surface area (Å²) < 4.78 is 0. The highest BCUT2D eigenvalue weighted by atomic mass is 16.4. The zero-order chi connectivity index (χ0) is 24.2. The van der Waals surface area contributed by atoms with Gasteiger partial charge in [0.15, 0.2) is 5.78 Å². The van der Waals surface area contributed by atoms with Crippen LogP contribution in [0.3, 0.4) is 0 Å². The fraction of sp³-hybridized carbons (Fsp3) is 0.167. The summed E-state index contributed by atoms with van der Waals surface area (Å²) >= 11 is 0. The lowest BCUT2D eigenvalue weighted by Gasteiger charge is -2.20. The molecule has 4 nitrogen and oxygen atoms in total. The molecule has 0 bridgehead atoms. The molecule has 4 heteroatoms. The molecule has 0 saturated carbocycles. The lowest BCUT2D eigenvalue weighted by atomic mass is 9.83. The smallest absolute Gasteiger partial charge is 0.335 e. The van der Waals surface area contributed by atoms with E-state index in [9.17, 15) is 9.59 Å². The van der Waals surface area contributed by atoms with Gasteiger partial charge in [-0.05, 0) is 72.9 Å². The summed E-state index contributed by atoms with van der Waals surface area (Å²) in [6.07, 6.45) is 0.362. The fourth-order valence-corrected chi connectivity index (χ4v) is 4.40. The molecule has 0 aliphatic rings.